The largest absolute Gasteiger partial charge is 0.496 e. The summed E-state index contributed by atoms with van der Waals surface area (Å²) in [5, 5.41) is 10.8. The molecule has 1 aromatic heterocycles. The maximum atomic E-state index is 12.5. The van der Waals surface area contributed by atoms with Crippen molar-refractivity contribution in [1.29, 1.82) is 0 Å². The molecule has 2 aromatic rings. The van der Waals surface area contributed by atoms with E-state index in [9.17, 15) is 14.9 Å². The normalized spacial score (nSPS) is 15.2. The number of ketones is 1. The molecule has 0 N–H and O–H groups in total. The molecule has 0 saturated heterocycles. The number of Topliss-reactive ketones (excluding diaryl/α,β-unsaturated/α-hetero) is 1. The van der Waals surface area contributed by atoms with E-state index in [1.807, 2.05) is 12.1 Å². The first kappa shape index (κ1) is 14.0. The molecule has 7 nitrogen and oxygen atoms in total. The number of hydrogen-bond acceptors (Lipinski definition) is 5. The molecule has 22 heavy (non-hydrogen) atoms. The summed E-state index contributed by atoms with van der Waals surface area (Å²) in [6.07, 6.45) is 3.24. The molecule has 1 aliphatic rings. The van der Waals surface area contributed by atoms with Gasteiger partial charge in [0.05, 0.1) is 19.7 Å². The molecule has 0 radical (unpaired) electrons. The summed E-state index contributed by atoms with van der Waals surface area (Å²) in [7, 11) is 3.07. The van der Waals surface area contributed by atoms with Crippen LogP contribution in [0.25, 0.3) is 6.08 Å². The van der Waals surface area contributed by atoms with Crippen LogP contribution in [0.3, 0.4) is 0 Å². The number of fused-ring (bicyclic) bond motifs is 1. The lowest BCUT2D eigenvalue weighted by atomic mass is 10.1. The number of allylic oxidation sites excluding steroid dienone is 1. The van der Waals surface area contributed by atoms with E-state index in [4.69, 9.17) is 4.74 Å². The van der Waals surface area contributed by atoms with Gasteiger partial charge in [-0.3, -0.25) is 4.79 Å². The first-order valence-corrected chi connectivity index (χ1v) is 6.60. The van der Waals surface area contributed by atoms with Gasteiger partial charge in [-0.15, -0.1) is 0 Å². The molecular weight excluding hydrogens is 286 g/mol. The second-order valence-corrected chi connectivity index (χ2v) is 4.96. The fourth-order valence-electron chi connectivity index (χ4n) is 2.59. The van der Waals surface area contributed by atoms with Gasteiger partial charge in [0.2, 0.25) is 5.82 Å². The molecule has 3 rings (SSSR count). The average molecular weight is 299 g/mol. The third kappa shape index (κ3) is 2.07. The van der Waals surface area contributed by atoms with Gasteiger partial charge in [0.1, 0.15) is 11.9 Å². The molecule has 0 unspecified atom stereocenters. The number of imidazole rings is 1. The molecule has 7 heteroatoms. The molecular formula is C15H13N3O4. The molecule has 0 atom stereocenters. The van der Waals surface area contributed by atoms with Crippen molar-refractivity contribution >= 4 is 17.7 Å². The number of aromatic nitrogens is 2. The standard InChI is InChI=1S/C15H13N3O4/c1-17-12(16-8-13(17)18(20)21)7-10-6-9-4-3-5-11(22-2)14(9)15(10)19/h3-5,7-8H,6H2,1-2H3. The van der Waals surface area contributed by atoms with Crippen molar-refractivity contribution < 1.29 is 14.5 Å². The number of rotatable bonds is 3. The predicted molar refractivity (Wildman–Crippen MR) is 78.9 cm³/mol. The van der Waals surface area contributed by atoms with E-state index >= 15 is 0 Å². The summed E-state index contributed by atoms with van der Waals surface area (Å²) in [6.45, 7) is 0. The van der Waals surface area contributed by atoms with Crippen LogP contribution in [0.2, 0.25) is 0 Å². The molecule has 0 saturated carbocycles. The van der Waals surface area contributed by atoms with Crippen molar-refractivity contribution in [3.8, 4) is 5.75 Å². The second kappa shape index (κ2) is 5.10. The van der Waals surface area contributed by atoms with E-state index in [0.717, 1.165) is 5.56 Å². The summed E-state index contributed by atoms with van der Waals surface area (Å²) in [4.78, 5) is 26.8. The summed E-state index contributed by atoms with van der Waals surface area (Å²) >= 11 is 0. The molecule has 0 spiro atoms. The number of carbonyl (C=O) groups excluding carboxylic acids is 1. The third-order valence-corrected chi connectivity index (χ3v) is 3.72. The van der Waals surface area contributed by atoms with Gasteiger partial charge in [-0.1, -0.05) is 12.1 Å². The maximum absolute atomic E-state index is 12.5. The maximum Gasteiger partial charge on any atom is 0.342 e. The Morgan fingerprint density at radius 2 is 2.23 bits per heavy atom. The highest BCUT2D eigenvalue weighted by atomic mass is 16.6. The van der Waals surface area contributed by atoms with Gasteiger partial charge in [-0.05, 0) is 16.6 Å². The number of nitro groups is 1. The van der Waals surface area contributed by atoms with Crippen LogP contribution in [0.4, 0.5) is 5.82 Å². The fraction of sp³-hybridized carbons (Fsp3) is 0.200. The van der Waals surface area contributed by atoms with Crippen molar-refractivity contribution in [1.82, 2.24) is 9.55 Å². The Morgan fingerprint density at radius 3 is 2.86 bits per heavy atom. The van der Waals surface area contributed by atoms with E-state index in [1.54, 1.807) is 19.2 Å². The van der Waals surface area contributed by atoms with E-state index < -0.39 is 4.92 Å². The van der Waals surface area contributed by atoms with Crippen LogP contribution < -0.4 is 4.74 Å². The zero-order chi connectivity index (χ0) is 15.9. The Labute approximate surface area is 126 Å². The van der Waals surface area contributed by atoms with E-state index in [2.05, 4.69) is 4.98 Å². The number of methoxy groups -OCH3 is 1. The van der Waals surface area contributed by atoms with Gasteiger partial charge in [-0.2, -0.15) is 0 Å². The van der Waals surface area contributed by atoms with Crippen molar-refractivity contribution in [2.24, 2.45) is 7.05 Å². The Kier molecular flexibility index (Phi) is 3.25. The van der Waals surface area contributed by atoms with Crippen LogP contribution >= 0.6 is 0 Å². The molecule has 1 heterocycles. The average Bonchev–Trinajstić information content (AvgIpc) is 3.01. The topological polar surface area (TPSA) is 87.3 Å². The van der Waals surface area contributed by atoms with Gasteiger partial charge in [0, 0.05) is 18.1 Å². The minimum Gasteiger partial charge on any atom is -0.496 e. The molecule has 0 bridgehead atoms. The number of carbonyl (C=O) groups is 1. The van der Waals surface area contributed by atoms with Gasteiger partial charge >= 0.3 is 5.82 Å². The molecule has 0 fully saturated rings. The Morgan fingerprint density at radius 1 is 1.45 bits per heavy atom. The zero-order valence-electron chi connectivity index (χ0n) is 12.1. The van der Waals surface area contributed by atoms with Crippen LogP contribution in [0, 0.1) is 10.1 Å². The Balaban J connectivity index is 2.02. The number of benzene rings is 1. The Hall–Kier alpha value is -2.96. The van der Waals surface area contributed by atoms with Crippen molar-refractivity contribution in [3.05, 3.63) is 57.0 Å². The van der Waals surface area contributed by atoms with E-state index in [0.29, 0.717) is 29.1 Å². The van der Waals surface area contributed by atoms with Crippen LogP contribution in [0.1, 0.15) is 21.7 Å². The van der Waals surface area contributed by atoms with Crippen LogP contribution in [0.5, 0.6) is 5.75 Å². The molecule has 1 aromatic carbocycles. The lowest BCUT2D eigenvalue weighted by Crippen LogP contribution is -2.02. The summed E-state index contributed by atoms with van der Waals surface area (Å²) in [6, 6.07) is 5.45. The molecule has 112 valence electrons. The lowest BCUT2D eigenvalue weighted by molar-refractivity contribution is -0.391. The fourth-order valence-corrected chi connectivity index (χ4v) is 2.59. The van der Waals surface area contributed by atoms with Crippen molar-refractivity contribution in [2.75, 3.05) is 7.11 Å². The smallest absolute Gasteiger partial charge is 0.342 e. The first-order chi connectivity index (χ1) is 10.5. The quantitative estimate of drug-likeness (QED) is 0.492. The number of ether oxygens (including phenoxy) is 1. The highest BCUT2D eigenvalue weighted by Gasteiger charge is 2.29. The second-order valence-electron chi connectivity index (χ2n) is 4.96. The summed E-state index contributed by atoms with van der Waals surface area (Å²) in [5.41, 5.74) is 1.99. The van der Waals surface area contributed by atoms with E-state index in [1.165, 1.54) is 17.9 Å². The van der Waals surface area contributed by atoms with Crippen molar-refractivity contribution in [2.45, 2.75) is 6.42 Å². The van der Waals surface area contributed by atoms with Gasteiger partial charge < -0.3 is 14.9 Å². The van der Waals surface area contributed by atoms with Crippen LogP contribution in [0.15, 0.2) is 30.0 Å². The molecule has 0 amide bonds. The van der Waals surface area contributed by atoms with Crippen LogP contribution in [-0.4, -0.2) is 27.4 Å². The zero-order valence-corrected chi connectivity index (χ0v) is 12.1. The van der Waals surface area contributed by atoms with E-state index in [-0.39, 0.29) is 11.6 Å². The molecule has 1 aliphatic carbocycles. The lowest BCUT2D eigenvalue weighted by Gasteiger charge is -2.04. The number of hydrogen-bond donors (Lipinski definition) is 0. The van der Waals surface area contributed by atoms with Gasteiger partial charge in [-0.25, -0.2) is 9.55 Å². The minimum atomic E-state index is -0.511. The molecule has 0 aliphatic heterocycles. The summed E-state index contributed by atoms with van der Waals surface area (Å²) < 4.78 is 6.57. The van der Waals surface area contributed by atoms with Gasteiger partial charge in [0.25, 0.3) is 0 Å². The monoisotopic (exact) mass is 299 g/mol. The predicted octanol–water partition coefficient (Wildman–Crippen LogP) is 2.16. The SMILES string of the molecule is COc1cccc2c1C(=O)C(=Cc1ncc([N+](=O)[O-])n1C)C2. The highest BCUT2D eigenvalue weighted by Crippen LogP contribution is 2.34. The number of nitrogens with zero attached hydrogens (tertiary/aromatic N) is 3. The minimum absolute atomic E-state index is 0.118. The van der Waals surface area contributed by atoms with Crippen LogP contribution in [-0.2, 0) is 13.5 Å². The van der Waals surface area contributed by atoms with Crippen molar-refractivity contribution in [3.63, 3.8) is 0 Å². The van der Waals surface area contributed by atoms with Gasteiger partial charge in [0.15, 0.2) is 5.78 Å². The third-order valence-electron chi connectivity index (χ3n) is 3.72. The summed E-state index contributed by atoms with van der Waals surface area (Å²) in [5.74, 6) is 0.670. The Bertz CT molecular complexity index is 820. The highest BCUT2D eigenvalue weighted by molar-refractivity contribution is 6.17. The first-order valence-electron chi connectivity index (χ1n) is 6.60.